The number of rotatable bonds is 4. The number of nitrogens with one attached hydrogen (secondary N) is 1. The monoisotopic (exact) mass is 222 g/mol. The Balaban J connectivity index is 2.34. The molecule has 5 heteroatoms. The number of nitrogen functional groups attached to an aromatic ring is 1. The van der Waals surface area contributed by atoms with Crippen LogP contribution >= 0.6 is 0 Å². The molecule has 1 fully saturated rings. The van der Waals surface area contributed by atoms with Gasteiger partial charge in [0, 0.05) is 6.07 Å². The van der Waals surface area contributed by atoms with Crippen LogP contribution in [0, 0.1) is 5.41 Å². The number of amides is 1. The zero-order valence-corrected chi connectivity index (χ0v) is 9.49. The average molecular weight is 222 g/mol. The molecule has 16 heavy (non-hydrogen) atoms. The van der Waals surface area contributed by atoms with Crippen molar-refractivity contribution in [3.8, 4) is 0 Å². The number of H-pyrrole nitrogens is 1. The Morgan fingerprint density at radius 1 is 1.69 bits per heavy atom. The molecule has 88 valence electrons. The Hall–Kier alpha value is -1.52. The third-order valence-electron chi connectivity index (χ3n) is 3.86. The van der Waals surface area contributed by atoms with Gasteiger partial charge < -0.3 is 11.5 Å². The summed E-state index contributed by atoms with van der Waals surface area (Å²) in [6.07, 6.45) is 4.21. The van der Waals surface area contributed by atoms with Crippen LogP contribution in [0.15, 0.2) is 6.07 Å². The number of primary amides is 1. The molecular formula is C11H18N4O. The van der Waals surface area contributed by atoms with Crippen LogP contribution in [0.4, 0.5) is 5.82 Å². The minimum Gasteiger partial charge on any atom is -0.384 e. The van der Waals surface area contributed by atoms with E-state index in [1.54, 1.807) is 6.07 Å². The van der Waals surface area contributed by atoms with E-state index in [4.69, 9.17) is 11.5 Å². The summed E-state index contributed by atoms with van der Waals surface area (Å²) >= 11 is 0. The van der Waals surface area contributed by atoms with Crippen molar-refractivity contribution in [1.82, 2.24) is 10.2 Å². The van der Waals surface area contributed by atoms with Crippen LogP contribution < -0.4 is 11.5 Å². The van der Waals surface area contributed by atoms with Crippen molar-refractivity contribution in [2.45, 2.75) is 38.5 Å². The van der Waals surface area contributed by atoms with Crippen LogP contribution in [0.5, 0.6) is 0 Å². The highest BCUT2D eigenvalue weighted by atomic mass is 16.1. The third kappa shape index (κ3) is 1.56. The fourth-order valence-electron chi connectivity index (χ4n) is 2.74. The van der Waals surface area contributed by atoms with Gasteiger partial charge in [-0.1, -0.05) is 13.3 Å². The molecule has 0 saturated heterocycles. The minimum absolute atomic E-state index is 0.00741. The van der Waals surface area contributed by atoms with Gasteiger partial charge >= 0.3 is 0 Å². The fourth-order valence-corrected chi connectivity index (χ4v) is 2.74. The highest BCUT2D eigenvalue weighted by molar-refractivity contribution is 5.82. The van der Waals surface area contributed by atoms with Crippen molar-refractivity contribution >= 4 is 11.7 Å². The van der Waals surface area contributed by atoms with Gasteiger partial charge in [-0.3, -0.25) is 9.89 Å². The summed E-state index contributed by atoms with van der Waals surface area (Å²) in [7, 11) is 0. The zero-order valence-electron chi connectivity index (χ0n) is 9.49. The molecule has 1 saturated carbocycles. The molecule has 0 spiro atoms. The van der Waals surface area contributed by atoms with Gasteiger partial charge in [0.1, 0.15) is 5.82 Å². The summed E-state index contributed by atoms with van der Waals surface area (Å²) in [4.78, 5) is 11.6. The topological polar surface area (TPSA) is 97.8 Å². The molecule has 2 rings (SSSR count). The highest BCUT2D eigenvalue weighted by Crippen LogP contribution is 2.53. The lowest BCUT2D eigenvalue weighted by atomic mass is 9.58. The smallest absolute Gasteiger partial charge is 0.227 e. The van der Waals surface area contributed by atoms with Gasteiger partial charge in [-0.15, -0.1) is 0 Å². The molecule has 5 N–H and O–H groups in total. The van der Waals surface area contributed by atoms with Crippen LogP contribution in [0.2, 0.25) is 0 Å². The quantitative estimate of drug-likeness (QED) is 0.712. The SMILES string of the molecule is CCC1(C(C(N)=O)c2cc(N)[nH]n2)CCC1. The summed E-state index contributed by atoms with van der Waals surface area (Å²) in [6.45, 7) is 2.10. The number of hydrogen-bond donors (Lipinski definition) is 3. The molecule has 5 nitrogen and oxygen atoms in total. The standard InChI is InChI=1S/C11H18N4O/c1-2-11(4-3-5-11)9(10(13)16)7-6-8(12)15-14-7/h6,9H,2-5H2,1H3,(H2,13,16)(H3,12,14,15). The normalized spacial score (nSPS) is 20.1. The molecule has 1 unspecified atom stereocenters. The van der Waals surface area contributed by atoms with Crippen LogP contribution in [0.1, 0.15) is 44.2 Å². The number of carbonyl (C=O) groups is 1. The van der Waals surface area contributed by atoms with E-state index in [0.717, 1.165) is 25.7 Å². The summed E-state index contributed by atoms with van der Waals surface area (Å²) in [5, 5.41) is 6.75. The predicted molar refractivity (Wildman–Crippen MR) is 61.5 cm³/mol. The molecule has 1 aromatic heterocycles. The molecule has 1 amide bonds. The number of hydrogen-bond acceptors (Lipinski definition) is 3. The van der Waals surface area contributed by atoms with Crippen molar-refractivity contribution in [3.63, 3.8) is 0 Å². The number of anilines is 1. The Labute approximate surface area is 94.6 Å². The van der Waals surface area contributed by atoms with Crippen molar-refractivity contribution < 1.29 is 4.79 Å². The number of aromatic amines is 1. The first-order valence-electron chi connectivity index (χ1n) is 5.69. The van der Waals surface area contributed by atoms with Crippen molar-refractivity contribution in [2.75, 3.05) is 5.73 Å². The number of nitrogens with zero attached hydrogens (tertiary/aromatic N) is 1. The largest absolute Gasteiger partial charge is 0.384 e. The van der Waals surface area contributed by atoms with Gasteiger partial charge in [0.2, 0.25) is 5.91 Å². The molecule has 0 radical (unpaired) electrons. The molecule has 0 aliphatic heterocycles. The molecule has 1 atom stereocenters. The second kappa shape index (κ2) is 3.81. The Bertz CT molecular complexity index is 389. The lowest BCUT2D eigenvalue weighted by molar-refractivity contribution is -0.124. The first-order chi connectivity index (χ1) is 7.59. The van der Waals surface area contributed by atoms with Crippen LogP contribution in [0.3, 0.4) is 0 Å². The minimum atomic E-state index is -0.306. The zero-order chi connectivity index (χ0) is 11.8. The molecule has 0 bridgehead atoms. The van der Waals surface area contributed by atoms with E-state index in [2.05, 4.69) is 17.1 Å². The second-order valence-corrected chi connectivity index (χ2v) is 4.65. The molecular weight excluding hydrogens is 204 g/mol. The fraction of sp³-hybridized carbons (Fsp3) is 0.636. The van der Waals surface area contributed by atoms with Crippen molar-refractivity contribution in [3.05, 3.63) is 11.8 Å². The summed E-state index contributed by atoms with van der Waals surface area (Å²) in [5.74, 6) is -0.125. The van der Waals surface area contributed by atoms with Crippen molar-refractivity contribution in [2.24, 2.45) is 11.1 Å². The first-order valence-corrected chi connectivity index (χ1v) is 5.69. The van der Waals surface area contributed by atoms with Gasteiger partial charge in [-0.05, 0) is 24.7 Å². The molecule has 0 aromatic carbocycles. The van der Waals surface area contributed by atoms with Gasteiger partial charge in [-0.2, -0.15) is 5.10 Å². The Kier molecular flexibility index (Phi) is 2.61. The van der Waals surface area contributed by atoms with E-state index < -0.39 is 0 Å². The maximum absolute atomic E-state index is 11.6. The van der Waals surface area contributed by atoms with Crippen LogP contribution in [-0.4, -0.2) is 16.1 Å². The number of carbonyl (C=O) groups excluding carboxylic acids is 1. The highest BCUT2D eigenvalue weighted by Gasteiger charge is 2.47. The number of nitrogens with two attached hydrogens (primary N) is 2. The second-order valence-electron chi connectivity index (χ2n) is 4.65. The Morgan fingerprint density at radius 2 is 2.38 bits per heavy atom. The predicted octanol–water partition coefficient (Wildman–Crippen LogP) is 1.14. The van der Waals surface area contributed by atoms with E-state index in [9.17, 15) is 4.79 Å². The maximum Gasteiger partial charge on any atom is 0.227 e. The van der Waals surface area contributed by atoms with Gasteiger partial charge in [-0.25, -0.2) is 0 Å². The average Bonchev–Trinajstić information content (AvgIpc) is 2.57. The summed E-state index contributed by atoms with van der Waals surface area (Å²) < 4.78 is 0. The van der Waals surface area contributed by atoms with E-state index in [1.165, 1.54) is 0 Å². The van der Waals surface area contributed by atoms with E-state index in [1.807, 2.05) is 0 Å². The third-order valence-corrected chi connectivity index (χ3v) is 3.86. The van der Waals surface area contributed by atoms with Crippen molar-refractivity contribution in [1.29, 1.82) is 0 Å². The van der Waals surface area contributed by atoms with Gasteiger partial charge in [0.15, 0.2) is 0 Å². The first kappa shape index (κ1) is 11.0. The lowest BCUT2D eigenvalue weighted by Crippen LogP contribution is -2.42. The molecule has 1 aliphatic rings. The van der Waals surface area contributed by atoms with E-state index >= 15 is 0 Å². The molecule has 1 aliphatic carbocycles. The van der Waals surface area contributed by atoms with Crippen LogP contribution in [0.25, 0.3) is 0 Å². The van der Waals surface area contributed by atoms with Gasteiger partial charge in [0.25, 0.3) is 0 Å². The molecule has 1 heterocycles. The summed E-state index contributed by atoms with van der Waals surface area (Å²) in [6, 6.07) is 1.71. The lowest BCUT2D eigenvalue weighted by Gasteiger charge is -2.45. The Morgan fingerprint density at radius 3 is 2.69 bits per heavy atom. The van der Waals surface area contributed by atoms with E-state index in [-0.39, 0.29) is 17.2 Å². The van der Waals surface area contributed by atoms with Gasteiger partial charge in [0.05, 0.1) is 11.6 Å². The van der Waals surface area contributed by atoms with E-state index in [0.29, 0.717) is 11.5 Å². The number of aromatic nitrogens is 2. The van der Waals surface area contributed by atoms with Crippen LogP contribution in [-0.2, 0) is 4.79 Å². The summed E-state index contributed by atoms with van der Waals surface area (Å²) in [5.41, 5.74) is 11.8. The molecule has 1 aromatic rings. The maximum atomic E-state index is 11.6.